The second-order valence-corrected chi connectivity index (χ2v) is 6.97. The molecule has 0 bridgehead atoms. The second kappa shape index (κ2) is 8.21. The molecular formula is C23H23NO4. The molecule has 144 valence electrons. The normalized spacial score (nSPS) is 15.1. The summed E-state index contributed by atoms with van der Waals surface area (Å²) in [5, 5.41) is 0. The molecule has 0 saturated heterocycles. The standard InChI is InChI=1S/C23H23NO4/c1-15-8-9-19(12-16(15)2)22(26)14-28-23(27)13-21-20-7-5-4-6-18(20)10-11-24(21)17(3)25/h4-12,21H,13-14H2,1-3H3/t21-/m0/s1. The van der Waals surface area contributed by atoms with E-state index in [-0.39, 0.29) is 24.7 Å². The van der Waals surface area contributed by atoms with Crippen LogP contribution in [0.5, 0.6) is 0 Å². The molecule has 0 N–H and O–H groups in total. The fourth-order valence-electron chi connectivity index (χ4n) is 3.27. The molecule has 0 unspecified atom stereocenters. The average molecular weight is 377 g/mol. The van der Waals surface area contributed by atoms with Crippen molar-refractivity contribution in [1.82, 2.24) is 4.90 Å². The number of amides is 1. The third-order valence-electron chi connectivity index (χ3n) is 5.02. The SMILES string of the molecule is CC(=O)N1C=Cc2ccccc2[C@@H]1CC(=O)OCC(=O)c1ccc(C)c(C)c1. The van der Waals surface area contributed by atoms with Crippen LogP contribution in [-0.4, -0.2) is 29.2 Å². The van der Waals surface area contributed by atoms with Gasteiger partial charge < -0.3 is 9.64 Å². The third kappa shape index (κ3) is 4.19. The van der Waals surface area contributed by atoms with Gasteiger partial charge in [-0.1, -0.05) is 36.4 Å². The monoisotopic (exact) mass is 377 g/mol. The maximum atomic E-state index is 12.4. The molecule has 1 aliphatic heterocycles. The number of nitrogens with zero attached hydrogens (tertiary/aromatic N) is 1. The highest BCUT2D eigenvalue weighted by Crippen LogP contribution is 2.33. The van der Waals surface area contributed by atoms with Gasteiger partial charge in [0.1, 0.15) is 0 Å². The van der Waals surface area contributed by atoms with E-state index in [9.17, 15) is 14.4 Å². The predicted octanol–water partition coefficient (Wildman–Crippen LogP) is 3.99. The maximum absolute atomic E-state index is 12.4. The van der Waals surface area contributed by atoms with E-state index >= 15 is 0 Å². The number of carbonyl (C=O) groups excluding carboxylic acids is 3. The highest BCUT2D eigenvalue weighted by atomic mass is 16.5. The van der Waals surface area contributed by atoms with Crippen LogP contribution in [0.25, 0.3) is 6.08 Å². The van der Waals surface area contributed by atoms with E-state index in [1.165, 1.54) is 11.8 Å². The number of ketones is 1. The molecular weight excluding hydrogens is 354 g/mol. The fraction of sp³-hybridized carbons (Fsp3) is 0.261. The van der Waals surface area contributed by atoms with Crippen LogP contribution in [0.2, 0.25) is 0 Å². The largest absolute Gasteiger partial charge is 0.457 e. The number of rotatable bonds is 5. The van der Waals surface area contributed by atoms with Gasteiger partial charge in [-0.25, -0.2) is 0 Å². The van der Waals surface area contributed by atoms with Crippen molar-refractivity contribution >= 4 is 23.7 Å². The molecule has 5 nitrogen and oxygen atoms in total. The topological polar surface area (TPSA) is 63.7 Å². The molecule has 0 fully saturated rings. The Balaban J connectivity index is 1.67. The molecule has 2 aromatic rings. The summed E-state index contributed by atoms with van der Waals surface area (Å²) in [6, 6.07) is 12.6. The van der Waals surface area contributed by atoms with Crippen molar-refractivity contribution in [3.63, 3.8) is 0 Å². The zero-order valence-electron chi connectivity index (χ0n) is 16.3. The van der Waals surface area contributed by atoms with Gasteiger partial charge in [-0.05, 0) is 48.2 Å². The number of esters is 1. The minimum absolute atomic E-state index is 0.0128. The Kier molecular flexibility index (Phi) is 5.73. The van der Waals surface area contributed by atoms with Crippen molar-refractivity contribution in [2.24, 2.45) is 0 Å². The van der Waals surface area contributed by atoms with Crippen molar-refractivity contribution in [3.05, 3.63) is 76.5 Å². The molecule has 1 atom stereocenters. The van der Waals surface area contributed by atoms with E-state index < -0.39 is 12.0 Å². The molecule has 2 aromatic carbocycles. The van der Waals surface area contributed by atoms with Crippen molar-refractivity contribution in [3.8, 4) is 0 Å². The fourth-order valence-corrected chi connectivity index (χ4v) is 3.27. The summed E-state index contributed by atoms with van der Waals surface area (Å²) in [4.78, 5) is 38.2. The van der Waals surface area contributed by atoms with Crippen molar-refractivity contribution in [1.29, 1.82) is 0 Å². The zero-order valence-corrected chi connectivity index (χ0v) is 16.3. The van der Waals surface area contributed by atoms with Crippen molar-refractivity contribution < 1.29 is 19.1 Å². The van der Waals surface area contributed by atoms with E-state index in [4.69, 9.17) is 4.74 Å². The summed E-state index contributed by atoms with van der Waals surface area (Å²) >= 11 is 0. The molecule has 0 spiro atoms. The Bertz CT molecular complexity index is 961. The van der Waals surface area contributed by atoms with Crippen molar-refractivity contribution in [2.45, 2.75) is 33.2 Å². The first-order valence-electron chi connectivity index (χ1n) is 9.19. The summed E-state index contributed by atoms with van der Waals surface area (Å²) in [7, 11) is 0. The number of carbonyl (C=O) groups is 3. The van der Waals surface area contributed by atoms with Gasteiger partial charge in [0.05, 0.1) is 12.5 Å². The number of Topliss-reactive ketones (excluding diaryl/α,β-unsaturated/α-hetero) is 1. The molecule has 0 aliphatic carbocycles. The molecule has 1 heterocycles. The van der Waals surface area contributed by atoms with Crippen LogP contribution in [0.3, 0.4) is 0 Å². The smallest absolute Gasteiger partial charge is 0.308 e. The minimum atomic E-state index is -0.515. The molecule has 1 aliphatic rings. The van der Waals surface area contributed by atoms with E-state index in [1.807, 2.05) is 50.3 Å². The molecule has 0 aromatic heterocycles. The third-order valence-corrected chi connectivity index (χ3v) is 5.02. The first kappa shape index (κ1) is 19.5. The van der Waals surface area contributed by atoms with Crippen LogP contribution in [0.4, 0.5) is 0 Å². The van der Waals surface area contributed by atoms with Gasteiger partial charge in [0, 0.05) is 18.7 Å². The lowest BCUT2D eigenvalue weighted by molar-refractivity contribution is -0.144. The van der Waals surface area contributed by atoms with Crippen LogP contribution < -0.4 is 0 Å². The summed E-state index contributed by atoms with van der Waals surface area (Å²) < 4.78 is 5.22. The first-order chi connectivity index (χ1) is 13.4. The van der Waals surface area contributed by atoms with E-state index in [2.05, 4.69) is 0 Å². The van der Waals surface area contributed by atoms with E-state index in [0.29, 0.717) is 5.56 Å². The molecule has 3 rings (SSSR count). The number of hydrogen-bond acceptors (Lipinski definition) is 4. The Labute approximate surface area is 164 Å². The van der Waals surface area contributed by atoms with Gasteiger partial charge in [0.25, 0.3) is 0 Å². The zero-order chi connectivity index (χ0) is 20.3. The Morgan fingerprint density at radius 1 is 1.04 bits per heavy atom. The summed E-state index contributed by atoms with van der Waals surface area (Å²) in [6.07, 6.45) is 3.52. The van der Waals surface area contributed by atoms with Crippen LogP contribution in [0, 0.1) is 13.8 Å². The van der Waals surface area contributed by atoms with Gasteiger partial charge in [-0.3, -0.25) is 14.4 Å². The van der Waals surface area contributed by atoms with E-state index in [0.717, 1.165) is 22.3 Å². The molecule has 1 amide bonds. The Morgan fingerprint density at radius 2 is 1.79 bits per heavy atom. The second-order valence-electron chi connectivity index (χ2n) is 6.97. The number of aryl methyl sites for hydroxylation is 2. The molecule has 5 heteroatoms. The van der Waals surface area contributed by atoms with Gasteiger partial charge in [0.15, 0.2) is 12.4 Å². The lowest BCUT2D eigenvalue weighted by Crippen LogP contribution is -2.32. The Hall–Kier alpha value is -3.21. The van der Waals surface area contributed by atoms with Crippen LogP contribution in [-0.2, 0) is 14.3 Å². The summed E-state index contributed by atoms with van der Waals surface area (Å²) in [6.45, 7) is 5.05. The van der Waals surface area contributed by atoms with Gasteiger partial charge in [-0.2, -0.15) is 0 Å². The average Bonchev–Trinajstić information content (AvgIpc) is 2.68. The highest BCUT2D eigenvalue weighted by molar-refractivity contribution is 5.98. The van der Waals surface area contributed by atoms with Gasteiger partial charge in [0.2, 0.25) is 5.91 Å². The number of ether oxygens (including phenoxy) is 1. The summed E-state index contributed by atoms with van der Waals surface area (Å²) in [5.74, 6) is -0.919. The number of fused-ring (bicyclic) bond motifs is 1. The number of benzene rings is 2. The lowest BCUT2D eigenvalue weighted by atomic mass is 9.94. The van der Waals surface area contributed by atoms with Gasteiger partial charge >= 0.3 is 5.97 Å². The van der Waals surface area contributed by atoms with Crippen LogP contribution >= 0.6 is 0 Å². The first-order valence-corrected chi connectivity index (χ1v) is 9.19. The van der Waals surface area contributed by atoms with Gasteiger partial charge in [-0.15, -0.1) is 0 Å². The quantitative estimate of drug-likeness (QED) is 0.584. The van der Waals surface area contributed by atoms with Crippen LogP contribution in [0.1, 0.15) is 52.0 Å². The number of hydrogen-bond donors (Lipinski definition) is 0. The van der Waals surface area contributed by atoms with Crippen molar-refractivity contribution in [2.75, 3.05) is 6.61 Å². The predicted molar refractivity (Wildman–Crippen MR) is 107 cm³/mol. The Morgan fingerprint density at radius 3 is 2.50 bits per heavy atom. The molecule has 28 heavy (non-hydrogen) atoms. The summed E-state index contributed by atoms with van der Waals surface area (Å²) in [5.41, 5.74) is 4.48. The minimum Gasteiger partial charge on any atom is -0.457 e. The maximum Gasteiger partial charge on any atom is 0.308 e. The molecule has 0 saturated carbocycles. The highest BCUT2D eigenvalue weighted by Gasteiger charge is 2.29. The lowest BCUT2D eigenvalue weighted by Gasteiger charge is -2.32. The van der Waals surface area contributed by atoms with Crippen LogP contribution in [0.15, 0.2) is 48.7 Å². The molecule has 0 radical (unpaired) electrons. The van der Waals surface area contributed by atoms with E-state index in [1.54, 1.807) is 18.3 Å².